The summed E-state index contributed by atoms with van der Waals surface area (Å²) in [6.45, 7) is 3.22. The zero-order valence-electron chi connectivity index (χ0n) is 6.76. The lowest BCUT2D eigenvalue weighted by molar-refractivity contribution is 0.607. The maximum absolute atomic E-state index is 10.8. The Bertz CT molecular complexity index is 282. The van der Waals surface area contributed by atoms with Crippen molar-refractivity contribution in [2.24, 2.45) is 0 Å². The number of sulfone groups is 1. The van der Waals surface area contributed by atoms with Gasteiger partial charge in [0.15, 0.2) is 9.84 Å². The Balaban J connectivity index is 4.64. The van der Waals surface area contributed by atoms with Crippen LogP contribution in [-0.2, 0) is 9.84 Å². The molecule has 0 aromatic heterocycles. The summed E-state index contributed by atoms with van der Waals surface area (Å²) >= 11 is 5.49. The highest BCUT2D eigenvalue weighted by Gasteiger charge is 2.02. The van der Waals surface area contributed by atoms with E-state index in [0.29, 0.717) is 9.94 Å². The summed E-state index contributed by atoms with van der Waals surface area (Å²) < 4.78 is 21.6. The van der Waals surface area contributed by atoms with E-state index in [4.69, 9.17) is 11.6 Å². The minimum atomic E-state index is -3.04. The summed E-state index contributed by atoms with van der Waals surface area (Å²) in [7, 11) is -3.04. The number of allylic oxidation sites excluding steroid dienone is 4. The van der Waals surface area contributed by atoms with Gasteiger partial charge >= 0.3 is 0 Å². The molecule has 0 aliphatic rings. The van der Waals surface area contributed by atoms with E-state index in [1.54, 1.807) is 13.0 Å². The van der Waals surface area contributed by atoms with Gasteiger partial charge in [-0.3, -0.25) is 0 Å². The molecule has 0 saturated carbocycles. The fraction of sp³-hybridized carbons (Fsp3) is 0.429. The van der Waals surface area contributed by atoms with Crippen LogP contribution < -0.4 is 0 Å². The van der Waals surface area contributed by atoms with Gasteiger partial charge in [-0.05, 0) is 26.0 Å². The molecule has 0 bridgehead atoms. The topological polar surface area (TPSA) is 34.1 Å². The lowest BCUT2D eigenvalue weighted by Crippen LogP contribution is -1.95. The molecule has 4 heteroatoms. The van der Waals surface area contributed by atoms with Crippen LogP contribution in [0, 0.1) is 0 Å². The molecule has 0 atom stereocenters. The summed E-state index contributed by atoms with van der Waals surface area (Å²) in [5.41, 5.74) is 0. The molecule has 0 amide bonds. The molecule has 64 valence electrons. The van der Waals surface area contributed by atoms with Gasteiger partial charge in [-0.25, -0.2) is 8.42 Å². The fourth-order valence-corrected chi connectivity index (χ4v) is 0.734. The minimum Gasteiger partial charge on any atom is -0.224 e. The number of hydrogen-bond acceptors (Lipinski definition) is 2. The van der Waals surface area contributed by atoms with Gasteiger partial charge in [0, 0.05) is 16.2 Å². The highest BCUT2D eigenvalue weighted by atomic mass is 35.5. The Morgan fingerprint density at radius 3 is 2.00 bits per heavy atom. The fourth-order valence-electron chi connectivity index (χ4n) is 0.356. The van der Waals surface area contributed by atoms with Crippen molar-refractivity contribution in [3.8, 4) is 0 Å². The Morgan fingerprint density at radius 1 is 1.27 bits per heavy atom. The summed E-state index contributed by atoms with van der Waals surface area (Å²) in [5, 5.41) is 0.563. The second-order valence-corrected chi connectivity index (χ2v) is 5.09. The minimum absolute atomic E-state index is 0.317. The molecular formula is C7H11ClO2S. The molecule has 0 spiro atoms. The molecule has 0 fully saturated rings. The van der Waals surface area contributed by atoms with Gasteiger partial charge in [0.1, 0.15) is 0 Å². The number of hydrogen-bond donors (Lipinski definition) is 0. The third-order valence-electron chi connectivity index (χ3n) is 1.13. The first kappa shape index (κ1) is 10.7. The molecule has 0 aromatic carbocycles. The lowest BCUT2D eigenvalue weighted by Gasteiger charge is -1.93. The monoisotopic (exact) mass is 194 g/mol. The largest absolute Gasteiger partial charge is 0.224 e. The molecule has 0 saturated heterocycles. The van der Waals surface area contributed by atoms with Crippen LogP contribution in [0.4, 0.5) is 0 Å². The van der Waals surface area contributed by atoms with E-state index in [0.717, 1.165) is 6.26 Å². The molecule has 0 rings (SSSR count). The maximum Gasteiger partial charge on any atom is 0.171 e. The maximum atomic E-state index is 10.8. The van der Waals surface area contributed by atoms with Crippen molar-refractivity contribution in [2.45, 2.75) is 13.8 Å². The van der Waals surface area contributed by atoms with Gasteiger partial charge in [0.2, 0.25) is 0 Å². The van der Waals surface area contributed by atoms with Crippen molar-refractivity contribution in [1.29, 1.82) is 0 Å². The summed E-state index contributed by atoms with van der Waals surface area (Å²) in [6.07, 6.45) is 4.20. The molecule has 0 heterocycles. The molecule has 0 unspecified atom stereocenters. The van der Waals surface area contributed by atoms with Gasteiger partial charge < -0.3 is 0 Å². The molecule has 11 heavy (non-hydrogen) atoms. The van der Waals surface area contributed by atoms with Crippen LogP contribution in [0.1, 0.15) is 13.8 Å². The van der Waals surface area contributed by atoms with Crippen LogP contribution in [0.25, 0.3) is 0 Å². The first-order valence-electron chi connectivity index (χ1n) is 3.05. The zero-order valence-corrected chi connectivity index (χ0v) is 8.33. The van der Waals surface area contributed by atoms with Gasteiger partial charge in [0.25, 0.3) is 0 Å². The van der Waals surface area contributed by atoms with E-state index < -0.39 is 9.84 Å². The van der Waals surface area contributed by atoms with Crippen molar-refractivity contribution >= 4 is 21.4 Å². The van der Waals surface area contributed by atoms with Crippen LogP contribution in [0.15, 0.2) is 22.1 Å². The average molecular weight is 195 g/mol. The highest BCUT2D eigenvalue weighted by Crippen LogP contribution is 2.05. The predicted octanol–water partition coefficient (Wildman–Crippen LogP) is 2.08. The molecule has 0 N–H and O–H groups in total. The van der Waals surface area contributed by atoms with Crippen molar-refractivity contribution in [1.82, 2.24) is 0 Å². The van der Waals surface area contributed by atoms with E-state index in [1.165, 1.54) is 13.0 Å². The van der Waals surface area contributed by atoms with Crippen LogP contribution >= 0.6 is 11.6 Å². The molecule has 0 aliphatic carbocycles. The number of halogens is 1. The highest BCUT2D eigenvalue weighted by molar-refractivity contribution is 7.94. The Kier molecular flexibility index (Phi) is 3.83. The quantitative estimate of drug-likeness (QED) is 0.631. The van der Waals surface area contributed by atoms with Crippen molar-refractivity contribution in [3.05, 3.63) is 22.1 Å². The van der Waals surface area contributed by atoms with Crippen LogP contribution in [0.5, 0.6) is 0 Å². The van der Waals surface area contributed by atoms with Crippen LogP contribution in [0.2, 0.25) is 0 Å². The molecule has 2 nitrogen and oxygen atoms in total. The first-order valence-corrected chi connectivity index (χ1v) is 5.31. The summed E-state index contributed by atoms with van der Waals surface area (Å²) in [6, 6.07) is 0. The lowest BCUT2D eigenvalue weighted by atomic mass is 10.4. The van der Waals surface area contributed by atoms with Gasteiger partial charge in [-0.1, -0.05) is 11.6 Å². The normalized spacial score (nSPS) is 15.3. The SMILES string of the molecule is C/C(Cl)=C\C=C(/C)S(C)(=O)=O. The van der Waals surface area contributed by atoms with E-state index in [-0.39, 0.29) is 0 Å². The second-order valence-electron chi connectivity index (χ2n) is 2.30. The van der Waals surface area contributed by atoms with E-state index in [1.807, 2.05) is 0 Å². The zero-order chi connectivity index (χ0) is 9.07. The summed E-state index contributed by atoms with van der Waals surface area (Å²) in [5.74, 6) is 0. The third-order valence-corrected chi connectivity index (χ3v) is 2.56. The smallest absolute Gasteiger partial charge is 0.171 e. The molecule has 0 radical (unpaired) electrons. The number of rotatable bonds is 2. The van der Waals surface area contributed by atoms with Crippen LogP contribution in [-0.4, -0.2) is 14.7 Å². The van der Waals surface area contributed by atoms with E-state index >= 15 is 0 Å². The average Bonchev–Trinajstić information content (AvgIpc) is 1.80. The first-order chi connectivity index (χ1) is 4.84. The van der Waals surface area contributed by atoms with Gasteiger partial charge in [-0.2, -0.15) is 0 Å². The standard InChI is InChI=1S/C7H11ClO2S/c1-6(8)4-5-7(2)11(3,9)10/h4-5H,1-3H3/b6-4+,7-5+. The molecule has 0 aliphatic heterocycles. The van der Waals surface area contributed by atoms with Crippen LogP contribution in [0.3, 0.4) is 0 Å². The van der Waals surface area contributed by atoms with E-state index in [2.05, 4.69) is 0 Å². The Morgan fingerprint density at radius 2 is 1.73 bits per heavy atom. The Labute approximate surface area is 72.5 Å². The van der Waals surface area contributed by atoms with E-state index in [9.17, 15) is 8.42 Å². The summed E-state index contributed by atoms with van der Waals surface area (Å²) in [4.78, 5) is 0.317. The second kappa shape index (κ2) is 3.93. The van der Waals surface area contributed by atoms with Gasteiger partial charge in [0.05, 0.1) is 0 Å². The van der Waals surface area contributed by atoms with Crippen molar-refractivity contribution < 1.29 is 8.42 Å². The van der Waals surface area contributed by atoms with Gasteiger partial charge in [-0.15, -0.1) is 0 Å². The third kappa shape index (κ3) is 5.04. The predicted molar refractivity (Wildman–Crippen MR) is 48.2 cm³/mol. The molecular weight excluding hydrogens is 184 g/mol. The Hall–Kier alpha value is -0.280. The van der Waals surface area contributed by atoms with Crippen molar-refractivity contribution in [2.75, 3.05) is 6.26 Å². The van der Waals surface area contributed by atoms with Crippen molar-refractivity contribution in [3.63, 3.8) is 0 Å². The molecule has 0 aromatic rings.